The largest absolute Gasteiger partial charge is 0.308 e. The first-order valence-electron chi connectivity index (χ1n) is 3.91. The molecule has 0 aromatic carbocycles. The molecule has 1 rings (SSSR count). The van der Waals surface area contributed by atoms with E-state index >= 15 is 0 Å². The molecular weight excluding hydrogens is 188 g/mol. The predicted octanol–water partition coefficient (Wildman–Crippen LogP) is -0.291. The van der Waals surface area contributed by atoms with Gasteiger partial charge in [0, 0.05) is 13.1 Å². The van der Waals surface area contributed by atoms with Crippen molar-refractivity contribution in [3.05, 3.63) is 4.77 Å². The zero-order valence-corrected chi connectivity index (χ0v) is 8.56. The van der Waals surface area contributed by atoms with E-state index in [-0.39, 0.29) is 0 Å². The molecule has 74 valence electrons. The molecule has 4 N–H and O–H groups in total. The van der Waals surface area contributed by atoms with Crippen molar-refractivity contribution in [1.29, 1.82) is 0 Å². The second-order valence-corrected chi connectivity index (χ2v) is 3.37. The molecule has 0 amide bonds. The average Bonchev–Trinajstić information content (AvgIpc) is 2.47. The highest BCUT2D eigenvalue weighted by Crippen LogP contribution is 1.98. The fraction of sp³-hybridized carbons (Fsp3) is 0.667. The van der Waals surface area contributed by atoms with Gasteiger partial charge in [0.1, 0.15) is 0 Å². The van der Waals surface area contributed by atoms with E-state index in [0.717, 1.165) is 6.54 Å². The van der Waals surface area contributed by atoms with E-state index in [9.17, 15) is 0 Å². The minimum Gasteiger partial charge on any atom is -0.308 e. The van der Waals surface area contributed by atoms with Crippen molar-refractivity contribution in [1.82, 2.24) is 20.1 Å². The number of H-pyrrole nitrogens is 2. The van der Waals surface area contributed by atoms with Gasteiger partial charge in [-0.2, -0.15) is 4.98 Å². The lowest BCUT2D eigenvalue weighted by Gasteiger charge is -2.17. The number of hydrogen-bond donors (Lipinski definition) is 3. The van der Waals surface area contributed by atoms with Crippen molar-refractivity contribution in [2.24, 2.45) is 5.84 Å². The van der Waals surface area contributed by atoms with E-state index < -0.39 is 0 Å². The van der Waals surface area contributed by atoms with Gasteiger partial charge < -0.3 is 4.90 Å². The van der Waals surface area contributed by atoms with Gasteiger partial charge in [-0.05, 0) is 26.3 Å². The molecule has 0 radical (unpaired) electrons. The first-order chi connectivity index (χ1) is 6.09. The van der Waals surface area contributed by atoms with E-state index in [4.69, 9.17) is 18.1 Å². The van der Waals surface area contributed by atoms with Crippen LogP contribution in [-0.2, 0) is 0 Å². The number of aromatic nitrogens is 3. The monoisotopic (exact) mass is 202 g/mol. The summed E-state index contributed by atoms with van der Waals surface area (Å²) in [6.45, 7) is 1.56. The molecule has 0 saturated carbocycles. The Morgan fingerprint density at radius 2 is 2.08 bits per heavy atom. The van der Waals surface area contributed by atoms with Crippen LogP contribution in [0.15, 0.2) is 0 Å². The molecule has 0 fully saturated rings. The summed E-state index contributed by atoms with van der Waals surface area (Å²) in [5.74, 6) is 6.27. The maximum absolute atomic E-state index is 5.70. The number of anilines is 1. The van der Waals surface area contributed by atoms with Gasteiger partial charge in [-0.3, -0.25) is 15.2 Å². The molecule has 1 aromatic rings. The van der Waals surface area contributed by atoms with Crippen LogP contribution in [0.5, 0.6) is 0 Å². The molecule has 1 heterocycles. The zero-order chi connectivity index (χ0) is 9.84. The highest BCUT2D eigenvalue weighted by Gasteiger charge is 2.04. The number of hydrazine groups is 1. The number of hydrogen-bond acceptors (Lipinski definition) is 5. The van der Waals surface area contributed by atoms with Crippen LogP contribution in [0.4, 0.5) is 5.95 Å². The molecule has 0 aliphatic heterocycles. The molecule has 0 saturated heterocycles. The number of aromatic amines is 2. The Balaban J connectivity index is 2.48. The highest BCUT2D eigenvalue weighted by atomic mass is 32.1. The number of nitrogens with two attached hydrogens (primary N) is 1. The Labute approximate surface area is 81.7 Å². The molecule has 6 nitrogen and oxygen atoms in total. The Kier molecular flexibility index (Phi) is 3.40. The average molecular weight is 202 g/mol. The Bertz CT molecular complexity index is 302. The van der Waals surface area contributed by atoms with Crippen molar-refractivity contribution in [2.75, 3.05) is 32.2 Å². The van der Waals surface area contributed by atoms with Gasteiger partial charge in [-0.1, -0.05) is 0 Å². The molecule has 7 heteroatoms. The SMILES string of the molecule is CN(C)CCN(N)c1nc(=S)[nH][nH]1. The van der Waals surface area contributed by atoms with Gasteiger partial charge in [0.05, 0.1) is 0 Å². The molecule has 0 aliphatic carbocycles. The van der Waals surface area contributed by atoms with Crippen LogP contribution in [-0.4, -0.2) is 47.3 Å². The van der Waals surface area contributed by atoms with Crippen LogP contribution in [0.25, 0.3) is 0 Å². The molecule has 0 bridgehead atoms. The van der Waals surface area contributed by atoms with Crippen LogP contribution in [0.2, 0.25) is 0 Å². The summed E-state index contributed by atoms with van der Waals surface area (Å²) >= 11 is 4.80. The van der Waals surface area contributed by atoms with E-state index in [1.165, 1.54) is 5.01 Å². The van der Waals surface area contributed by atoms with Crippen molar-refractivity contribution in [2.45, 2.75) is 0 Å². The summed E-state index contributed by atoms with van der Waals surface area (Å²) in [6.07, 6.45) is 0. The van der Waals surface area contributed by atoms with E-state index in [1.807, 2.05) is 19.0 Å². The number of nitrogens with zero attached hydrogens (tertiary/aromatic N) is 3. The van der Waals surface area contributed by atoms with Gasteiger partial charge in [-0.25, -0.2) is 5.84 Å². The normalized spacial score (nSPS) is 10.8. The van der Waals surface area contributed by atoms with Gasteiger partial charge >= 0.3 is 0 Å². The molecule has 1 aromatic heterocycles. The summed E-state index contributed by atoms with van der Waals surface area (Å²) < 4.78 is 0.412. The van der Waals surface area contributed by atoms with Gasteiger partial charge in [-0.15, -0.1) is 0 Å². The lowest BCUT2D eigenvalue weighted by atomic mass is 10.5. The first kappa shape index (κ1) is 10.2. The summed E-state index contributed by atoms with van der Waals surface area (Å²) in [6, 6.07) is 0. The summed E-state index contributed by atoms with van der Waals surface area (Å²) in [5.41, 5.74) is 0. The quantitative estimate of drug-likeness (QED) is 0.355. The van der Waals surface area contributed by atoms with Crippen LogP contribution < -0.4 is 10.9 Å². The highest BCUT2D eigenvalue weighted by molar-refractivity contribution is 7.71. The van der Waals surface area contributed by atoms with Gasteiger partial charge in [0.15, 0.2) is 0 Å². The maximum Gasteiger partial charge on any atom is 0.235 e. The Hall–Kier alpha value is -0.920. The molecule has 0 aliphatic rings. The third-order valence-corrected chi connectivity index (χ3v) is 1.74. The third-order valence-electron chi connectivity index (χ3n) is 1.55. The van der Waals surface area contributed by atoms with Crippen molar-refractivity contribution < 1.29 is 0 Å². The molecule has 0 unspecified atom stereocenters. The number of nitrogens with one attached hydrogen (secondary N) is 2. The Morgan fingerprint density at radius 1 is 1.38 bits per heavy atom. The van der Waals surface area contributed by atoms with Crippen molar-refractivity contribution >= 4 is 18.2 Å². The fourth-order valence-electron chi connectivity index (χ4n) is 0.811. The van der Waals surface area contributed by atoms with Crippen molar-refractivity contribution in [3.8, 4) is 0 Å². The summed E-state index contributed by atoms with van der Waals surface area (Å²) in [5, 5.41) is 6.97. The summed E-state index contributed by atoms with van der Waals surface area (Å²) in [7, 11) is 3.97. The maximum atomic E-state index is 5.70. The molecule has 0 atom stereocenters. The second-order valence-electron chi connectivity index (χ2n) is 2.99. The minimum absolute atomic E-state index is 0.412. The standard InChI is InChI=1S/C6H14N6S/c1-11(2)3-4-12(7)5-8-6(13)10-9-5/h3-4,7H2,1-2H3,(H2,8,9,10,13). The van der Waals surface area contributed by atoms with Gasteiger partial charge in [0.2, 0.25) is 10.7 Å². The van der Waals surface area contributed by atoms with E-state index in [0.29, 0.717) is 17.3 Å². The van der Waals surface area contributed by atoms with Crippen LogP contribution in [0.3, 0.4) is 0 Å². The lowest BCUT2D eigenvalue weighted by molar-refractivity contribution is 0.413. The third kappa shape index (κ3) is 3.13. The second kappa shape index (κ2) is 4.35. The van der Waals surface area contributed by atoms with E-state index in [1.54, 1.807) is 0 Å². The molecule has 13 heavy (non-hydrogen) atoms. The Morgan fingerprint density at radius 3 is 2.54 bits per heavy atom. The first-order valence-corrected chi connectivity index (χ1v) is 4.32. The van der Waals surface area contributed by atoms with Crippen LogP contribution in [0, 0.1) is 4.77 Å². The van der Waals surface area contributed by atoms with Crippen LogP contribution in [0.1, 0.15) is 0 Å². The summed E-state index contributed by atoms with van der Waals surface area (Å²) in [4.78, 5) is 6.02. The predicted molar refractivity (Wildman–Crippen MR) is 53.9 cm³/mol. The van der Waals surface area contributed by atoms with Gasteiger partial charge in [0.25, 0.3) is 0 Å². The lowest BCUT2D eigenvalue weighted by Crippen LogP contribution is -2.37. The van der Waals surface area contributed by atoms with Crippen LogP contribution >= 0.6 is 12.2 Å². The molecule has 0 spiro atoms. The smallest absolute Gasteiger partial charge is 0.235 e. The fourth-order valence-corrected chi connectivity index (χ4v) is 0.949. The topological polar surface area (TPSA) is 77.0 Å². The minimum atomic E-state index is 0.412. The number of likely N-dealkylation sites (N-methyl/N-ethyl adjacent to an activating group) is 1. The molecular formula is C6H14N6S. The van der Waals surface area contributed by atoms with E-state index in [2.05, 4.69) is 15.2 Å². The van der Waals surface area contributed by atoms with Crippen molar-refractivity contribution in [3.63, 3.8) is 0 Å². The number of rotatable bonds is 4. The zero-order valence-electron chi connectivity index (χ0n) is 7.74.